The van der Waals surface area contributed by atoms with Gasteiger partial charge in [0.1, 0.15) is 6.10 Å². The lowest BCUT2D eigenvalue weighted by Crippen LogP contribution is -2.29. The molecule has 0 N–H and O–H groups in total. The molecule has 118 valence electrons. The zero-order valence-corrected chi connectivity index (χ0v) is 14.5. The van der Waals surface area contributed by atoms with E-state index in [-0.39, 0.29) is 12.0 Å². The van der Waals surface area contributed by atoms with E-state index in [0.29, 0.717) is 19.6 Å². The van der Waals surface area contributed by atoms with Gasteiger partial charge < -0.3 is 9.64 Å². The van der Waals surface area contributed by atoms with E-state index in [1.165, 1.54) is 10.4 Å². The summed E-state index contributed by atoms with van der Waals surface area (Å²) in [6.45, 7) is 3.43. The van der Waals surface area contributed by atoms with E-state index in [9.17, 15) is 4.79 Å². The van der Waals surface area contributed by atoms with Crippen molar-refractivity contribution in [3.05, 3.63) is 38.0 Å². The lowest BCUT2D eigenvalue weighted by molar-refractivity contribution is -0.133. The van der Waals surface area contributed by atoms with E-state index in [1.54, 1.807) is 27.6 Å². The number of carbonyl (C=O) groups is 1. The summed E-state index contributed by atoms with van der Waals surface area (Å²) >= 11 is 3.37. The molecule has 0 spiro atoms. The third-order valence-electron chi connectivity index (χ3n) is 3.85. The fraction of sp³-hybridized carbons (Fsp3) is 0.500. The molecule has 2 aromatic heterocycles. The summed E-state index contributed by atoms with van der Waals surface area (Å²) in [5, 5.41) is 3.21. The van der Waals surface area contributed by atoms with Crippen molar-refractivity contribution in [2.24, 2.45) is 0 Å². The molecule has 1 aliphatic heterocycles. The summed E-state index contributed by atoms with van der Waals surface area (Å²) in [5.41, 5.74) is 1.34. The molecule has 0 aliphatic carbocycles. The summed E-state index contributed by atoms with van der Waals surface area (Å²) in [7, 11) is 1.85. The van der Waals surface area contributed by atoms with E-state index >= 15 is 0 Å². The molecule has 3 heterocycles. The Hall–Kier alpha value is -1.24. The molecule has 6 heteroatoms. The highest BCUT2D eigenvalue weighted by molar-refractivity contribution is 7.11. The van der Waals surface area contributed by atoms with Crippen LogP contribution in [-0.2, 0) is 28.9 Å². The number of rotatable bonds is 5. The lowest BCUT2D eigenvalue weighted by atomic mass is 10.1. The van der Waals surface area contributed by atoms with Crippen LogP contribution in [0.5, 0.6) is 0 Å². The van der Waals surface area contributed by atoms with Gasteiger partial charge in [0, 0.05) is 23.0 Å². The monoisotopic (exact) mass is 336 g/mol. The molecule has 1 aliphatic rings. The Bertz CT molecular complexity index is 650. The maximum absolute atomic E-state index is 12.5. The first-order valence-corrected chi connectivity index (χ1v) is 9.22. The zero-order valence-electron chi connectivity index (χ0n) is 12.9. The van der Waals surface area contributed by atoms with Gasteiger partial charge in [-0.1, -0.05) is 6.92 Å². The molecule has 0 aromatic carbocycles. The first-order valence-electron chi connectivity index (χ1n) is 7.52. The molecule has 4 nitrogen and oxygen atoms in total. The number of hydrogen-bond donors (Lipinski definition) is 0. The quantitative estimate of drug-likeness (QED) is 0.840. The van der Waals surface area contributed by atoms with Gasteiger partial charge in [0.05, 0.1) is 24.6 Å². The van der Waals surface area contributed by atoms with Gasteiger partial charge in [-0.2, -0.15) is 0 Å². The number of nitrogens with zero attached hydrogens (tertiary/aromatic N) is 2. The average Bonchev–Trinajstić information content (AvgIpc) is 3.16. The zero-order chi connectivity index (χ0) is 15.5. The van der Waals surface area contributed by atoms with Gasteiger partial charge >= 0.3 is 0 Å². The van der Waals surface area contributed by atoms with Crippen LogP contribution in [-0.4, -0.2) is 29.4 Å². The largest absolute Gasteiger partial charge is 0.372 e. The maximum Gasteiger partial charge on any atom is 0.225 e. The highest BCUT2D eigenvalue weighted by atomic mass is 32.1. The molecule has 1 amide bonds. The molecule has 3 rings (SSSR count). The summed E-state index contributed by atoms with van der Waals surface area (Å²) in [6.07, 6.45) is 4.12. The fourth-order valence-electron chi connectivity index (χ4n) is 2.60. The molecule has 0 bridgehead atoms. The second-order valence-corrected chi connectivity index (χ2v) is 7.59. The summed E-state index contributed by atoms with van der Waals surface area (Å²) in [4.78, 5) is 20.9. The van der Waals surface area contributed by atoms with Gasteiger partial charge in [0.25, 0.3) is 0 Å². The first-order chi connectivity index (χ1) is 10.7. The number of thiazole rings is 1. The van der Waals surface area contributed by atoms with E-state index < -0.39 is 0 Å². The van der Waals surface area contributed by atoms with Crippen LogP contribution in [0, 0.1) is 0 Å². The number of aryl methyl sites for hydroxylation is 1. The van der Waals surface area contributed by atoms with E-state index in [0.717, 1.165) is 22.7 Å². The number of ether oxygens (including phenoxy) is 1. The first kappa shape index (κ1) is 15.6. The standard InChI is InChI=1S/C16H20N2O2S2/c1-3-14-17-9-12(22-14)10-18(2)15(19)8-13-16-11(4-6-20-13)5-7-21-16/h5,7,9,13H,3-4,6,8,10H2,1-2H3. The summed E-state index contributed by atoms with van der Waals surface area (Å²) < 4.78 is 5.81. The second kappa shape index (κ2) is 6.89. The summed E-state index contributed by atoms with van der Waals surface area (Å²) in [5.74, 6) is 0.123. The van der Waals surface area contributed by atoms with Gasteiger partial charge in [-0.3, -0.25) is 4.79 Å². The number of fused-ring (bicyclic) bond motifs is 1. The minimum absolute atomic E-state index is 0.0774. The van der Waals surface area contributed by atoms with Gasteiger partial charge in [0.15, 0.2) is 0 Å². The highest BCUT2D eigenvalue weighted by Crippen LogP contribution is 2.34. The van der Waals surface area contributed by atoms with E-state index in [1.807, 2.05) is 13.2 Å². The topological polar surface area (TPSA) is 42.4 Å². The average molecular weight is 336 g/mol. The van der Waals surface area contributed by atoms with E-state index in [2.05, 4.69) is 23.4 Å². The van der Waals surface area contributed by atoms with E-state index in [4.69, 9.17) is 4.74 Å². The Labute approximate surface area is 138 Å². The molecule has 0 radical (unpaired) electrons. The third kappa shape index (κ3) is 3.39. The van der Waals surface area contributed by atoms with Crippen molar-refractivity contribution in [3.63, 3.8) is 0 Å². The number of thiophene rings is 1. The Morgan fingerprint density at radius 1 is 1.55 bits per heavy atom. The lowest BCUT2D eigenvalue weighted by Gasteiger charge is -2.25. The van der Waals surface area contributed by atoms with Gasteiger partial charge in [-0.15, -0.1) is 22.7 Å². The van der Waals surface area contributed by atoms with Crippen molar-refractivity contribution >= 4 is 28.6 Å². The van der Waals surface area contributed by atoms with Crippen LogP contribution in [0.15, 0.2) is 17.6 Å². The predicted molar refractivity (Wildman–Crippen MR) is 89.3 cm³/mol. The number of hydrogen-bond acceptors (Lipinski definition) is 5. The molecular weight excluding hydrogens is 316 g/mol. The molecule has 1 unspecified atom stereocenters. The van der Waals surface area contributed by atoms with Crippen molar-refractivity contribution in [3.8, 4) is 0 Å². The molecule has 1 atom stereocenters. The Morgan fingerprint density at radius 3 is 3.18 bits per heavy atom. The fourth-order valence-corrected chi connectivity index (χ4v) is 4.52. The third-order valence-corrected chi connectivity index (χ3v) is 6.02. The molecule has 0 saturated heterocycles. The minimum Gasteiger partial charge on any atom is -0.372 e. The van der Waals surface area contributed by atoms with Crippen LogP contribution in [0.1, 0.15) is 39.8 Å². The molecular formula is C16H20N2O2S2. The normalized spacial score (nSPS) is 17.3. The van der Waals surface area contributed by atoms with Crippen molar-refractivity contribution in [2.75, 3.05) is 13.7 Å². The van der Waals surface area contributed by atoms with Crippen molar-refractivity contribution in [1.29, 1.82) is 0 Å². The molecule has 2 aromatic rings. The van der Waals surface area contributed by atoms with Crippen molar-refractivity contribution < 1.29 is 9.53 Å². The molecule has 0 fully saturated rings. The van der Waals surface area contributed by atoms with Crippen LogP contribution in [0.4, 0.5) is 0 Å². The number of carbonyl (C=O) groups excluding carboxylic acids is 1. The van der Waals surface area contributed by atoms with Crippen LogP contribution >= 0.6 is 22.7 Å². The Kier molecular flexibility index (Phi) is 4.90. The minimum atomic E-state index is -0.0774. The number of amides is 1. The van der Waals surface area contributed by atoms with Gasteiger partial charge in [-0.25, -0.2) is 4.98 Å². The van der Waals surface area contributed by atoms with Crippen molar-refractivity contribution in [2.45, 2.75) is 38.8 Å². The van der Waals surface area contributed by atoms with Crippen LogP contribution < -0.4 is 0 Å². The smallest absolute Gasteiger partial charge is 0.225 e. The highest BCUT2D eigenvalue weighted by Gasteiger charge is 2.26. The van der Waals surface area contributed by atoms with Crippen LogP contribution in [0.3, 0.4) is 0 Å². The van der Waals surface area contributed by atoms with Gasteiger partial charge in [-0.05, 0) is 29.9 Å². The molecule has 22 heavy (non-hydrogen) atoms. The van der Waals surface area contributed by atoms with Crippen LogP contribution in [0.2, 0.25) is 0 Å². The Morgan fingerprint density at radius 2 is 2.41 bits per heavy atom. The number of aromatic nitrogens is 1. The van der Waals surface area contributed by atoms with Crippen LogP contribution in [0.25, 0.3) is 0 Å². The second-order valence-electron chi connectivity index (χ2n) is 5.45. The Balaban J connectivity index is 1.60. The van der Waals surface area contributed by atoms with Gasteiger partial charge in [0.2, 0.25) is 5.91 Å². The summed E-state index contributed by atoms with van der Waals surface area (Å²) in [6, 6.07) is 2.15. The predicted octanol–water partition coefficient (Wildman–Crippen LogP) is 3.43. The van der Waals surface area contributed by atoms with Crippen molar-refractivity contribution in [1.82, 2.24) is 9.88 Å². The molecule has 0 saturated carbocycles. The maximum atomic E-state index is 12.5. The SMILES string of the molecule is CCc1ncc(CN(C)C(=O)CC2OCCc3ccsc32)s1.